The lowest BCUT2D eigenvalue weighted by atomic mass is 10.2. The van der Waals surface area contributed by atoms with E-state index < -0.39 is 0 Å². The van der Waals surface area contributed by atoms with E-state index in [4.69, 9.17) is 4.74 Å². The van der Waals surface area contributed by atoms with Crippen LogP contribution in [0.4, 0.5) is 5.69 Å². The van der Waals surface area contributed by atoms with E-state index in [0.29, 0.717) is 6.61 Å². The molecule has 0 radical (unpaired) electrons. The van der Waals surface area contributed by atoms with E-state index >= 15 is 0 Å². The fourth-order valence-electron chi connectivity index (χ4n) is 2.46. The first kappa shape index (κ1) is 19.2. The largest absolute Gasteiger partial charge is 0.489 e. The molecule has 0 spiro atoms. The second kappa shape index (κ2) is 9.92. The molecule has 5 nitrogen and oxygen atoms in total. The van der Waals surface area contributed by atoms with E-state index in [1.165, 1.54) is 5.56 Å². The van der Waals surface area contributed by atoms with Crippen LogP contribution < -0.4 is 15.5 Å². The van der Waals surface area contributed by atoms with Crippen LogP contribution in [0.15, 0.2) is 84.0 Å². The molecule has 28 heavy (non-hydrogen) atoms. The number of aryl methyl sites for hydroxylation is 1. The van der Waals surface area contributed by atoms with Crippen molar-refractivity contribution in [3.8, 4) is 5.75 Å². The molecular weight excluding hydrogens is 350 g/mol. The highest BCUT2D eigenvalue weighted by Crippen LogP contribution is 2.13. The number of nitrogens with one attached hydrogen (secondary N) is 2. The van der Waals surface area contributed by atoms with E-state index in [2.05, 4.69) is 15.8 Å². The molecule has 0 aliphatic rings. The maximum atomic E-state index is 11.8. The van der Waals surface area contributed by atoms with Gasteiger partial charge in [-0.15, -0.1) is 0 Å². The zero-order chi connectivity index (χ0) is 19.6. The molecule has 3 aromatic carbocycles. The smallest absolute Gasteiger partial charge is 0.259 e. The highest BCUT2D eigenvalue weighted by atomic mass is 16.5. The van der Waals surface area contributed by atoms with Gasteiger partial charge in [0.15, 0.2) is 0 Å². The van der Waals surface area contributed by atoms with Gasteiger partial charge in [-0.1, -0.05) is 48.0 Å². The number of rotatable bonds is 8. The lowest BCUT2D eigenvalue weighted by Gasteiger charge is -2.06. The molecular formula is C23H23N3O2. The Morgan fingerprint density at radius 1 is 0.964 bits per heavy atom. The van der Waals surface area contributed by atoms with Gasteiger partial charge in [0.25, 0.3) is 5.91 Å². The number of anilines is 1. The van der Waals surface area contributed by atoms with Crippen molar-refractivity contribution in [1.82, 2.24) is 5.43 Å². The molecule has 0 aliphatic carbocycles. The first-order chi connectivity index (χ1) is 13.7. The number of benzene rings is 3. The van der Waals surface area contributed by atoms with Gasteiger partial charge < -0.3 is 10.1 Å². The highest BCUT2D eigenvalue weighted by molar-refractivity contribution is 5.84. The summed E-state index contributed by atoms with van der Waals surface area (Å²) in [7, 11) is 0. The molecule has 142 valence electrons. The molecule has 5 heteroatoms. The minimum absolute atomic E-state index is 0.159. The lowest BCUT2D eigenvalue weighted by molar-refractivity contribution is -0.119. The Bertz CT molecular complexity index is 905. The summed E-state index contributed by atoms with van der Waals surface area (Å²) in [5.74, 6) is 0.576. The number of hydrogen-bond acceptors (Lipinski definition) is 4. The fraction of sp³-hybridized carbons (Fsp3) is 0.130. The lowest BCUT2D eigenvalue weighted by Crippen LogP contribution is -2.25. The molecule has 3 rings (SSSR count). The Labute approximate surface area is 165 Å². The Morgan fingerprint density at radius 2 is 1.68 bits per heavy atom. The topological polar surface area (TPSA) is 62.7 Å². The average molecular weight is 373 g/mol. The molecule has 2 N–H and O–H groups in total. The normalized spacial score (nSPS) is 10.6. The summed E-state index contributed by atoms with van der Waals surface area (Å²) in [6.45, 7) is 2.71. The van der Waals surface area contributed by atoms with Gasteiger partial charge in [-0.3, -0.25) is 4.79 Å². The van der Waals surface area contributed by atoms with Crippen LogP contribution in [0.3, 0.4) is 0 Å². The van der Waals surface area contributed by atoms with Gasteiger partial charge in [-0.25, -0.2) is 5.43 Å². The van der Waals surface area contributed by atoms with E-state index in [1.54, 1.807) is 6.21 Å². The van der Waals surface area contributed by atoms with Crippen LogP contribution in [0.2, 0.25) is 0 Å². The van der Waals surface area contributed by atoms with Crippen molar-refractivity contribution in [2.75, 3.05) is 11.9 Å². The monoisotopic (exact) mass is 373 g/mol. The standard InChI is InChI=1S/C23H23N3O2/c1-18-7-11-21(12-8-18)24-16-23(27)26-25-15-19-9-13-22(14-10-19)28-17-20-5-3-2-4-6-20/h2-15,24H,16-17H2,1H3,(H,26,27)/b25-15+. The molecule has 0 unspecified atom stereocenters. The average Bonchev–Trinajstić information content (AvgIpc) is 2.73. The summed E-state index contributed by atoms with van der Waals surface area (Å²) in [5.41, 5.74) is 6.58. The third-order valence-corrected chi connectivity index (χ3v) is 4.04. The van der Waals surface area contributed by atoms with Gasteiger partial charge in [0.1, 0.15) is 12.4 Å². The Hall–Kier alpha value is -3.60. The van der Waals surface area contributed by atoms with E-state index in [1.807, 2.05) is 85.8 Å². The molecule has 0 bridgehead atoms. The second-order valence-electron chi connectivity index (χ2n) is 6.36. The predicted molar refractivity (Wildman–Crippen MR) is 113 cm³/mol. The number of hydrogen-bond donors (Lipinski definition) is 2. The summed E-state index contributed by atoms with van der Waals surface area (Å²) in [6.07, 6.45) is 1.60. The van der Waals surface area contributed by atoms with Crippen LogP contribution in [0.5, 0.6) is 5.75 Å². The fourth-order valence-corrected chi connectivity index (χ4v) is 2.46. The first-order valence-corrected chi connectivity index (χ1v) is 9.08. The van der Waals surface area contributed by atoms with Crippen LogP contribution in [-0.4, -0.2) is 18.7 Å². The Morgan fingerprint density at radius 3 is 2.39 bits per heavy atom. The van der Waals surface area contributed by atoms with Crippen LogP contribution >= 0.6 is 0 Å². The summed E-state index contributed by atoms with van der Waals surface area (Å²) in [6, 6.07) is 25.4. The molecule has 0 fully saturated rings. The summed E-state index contributed by atoms with van der Waals surface area (Å²) in [5, 5.41) is 7.04. The molecule has 0 saturated carbocycles. The Kier molecular flexibility index (Phi) is 6.79. The second-order valence-corrected chi connectivity index (χ2v) is 6.36. The minimum atomic E-state index is -0.209. The quantitative estimate of drug-likeness (QED) is 0.461. The minimum Gasteiger partial charge on any atom is -0.489 e. The van der Waals surface area contributed by atoms with Crippen molar-refractivity contribution >= 4 is 17.8 Å². The number of ether oxygens (including phenoxy) is 1. The summed E-state index contributed by atoms with van der Waals surface area (Å²) in [4.78, 5) is 11.8. The molecule has 0 atom stereocenters. The third-order valence-electron chi connectivity index (χ3n) is 4.04. The molecule has 0 heterocycles. The van der Waals surface area contributed by atoms with Crippen molar-refractivity contribution in [3.05, 3.63) is 95.6 Å². The van der Waals surface area contributed by atoms with Gasteiger partial charge in [0.2, 0.25) is 0 Å². The number of amides is 1. The van der Waals surface area contributed by atoms with Crippen LogP contribution in [0.25, 0.3) is 0 Å². The molecule has 3 aromatic rings. The Balaban J connectivity index is 1.41. The number of nitrogens with zero attached hydrogens (tertiary/aromatic N) is 1. The highest BCUT2D eigenvalue weighted by Gasteiger charge is 2.00. The van der Waals surface area contributed by atoms with Crippen molar-refractivity contribution in [1.29, 1.82) is 0 Å². The van der Waals surface area contributed by atoms with Gasteiger partial charge in [-0.05, 0) is 54.4 Å². The predicted octanol–water partition coefficient (Wildman–Crippen LogP) is 4.14. The molecule has 1 amide bonds. The van der Waals surface area contributed by atoms with E-state index in [-0.39, 0.29) is 12.5 Å². The number of carbonyl (C=O) groups excluding carboxylic acids is 1. The van der Waals surface area contributed by atoms with Crippen molar-refractivity contribution in [2.24, 2.45) is 5.10 Å². The van der Waals surface area contributed by atoms with Crippen LogP contribution in [0, 0.1) is 6.92 Å². The SMILES string of the molecule is Cc1ccc(NCC(=O)N/N=C/c2ccc(OCc3ccccc3)cc2)cc1. The van der Waals surface area contributed by atoms with Crippen molar-refractivity contribution in [3.63, 3.8) is 0 Å². The summed E-state index contributed by atoms with van der Waals surface area (Å²) >= 11 is 0. The van der Waals surface area contributed by atoms with Crippen LogP contribution in [-0.2, 0) is 11.4 Å². The molecule has 0 aliphatic heterocycles. The third kappa shape index (κ3) is 6.29. The number of hydrazone groups is 1. The van der Waals surface area contributed by atoms with Crippen molar-refractivity contribution < 1.29 is 9.53 Å². The first-order valence-electron chi connectivity index (χ1n) is 9.08. The van der Waals surface area contributed by atoms with E-state index in [9.17, 15) is 4.79 Å². The van der Waals surface area contributed by atoms with Crippen molar-refractivity contribution in [2.45, 2.75) is 13.5 Å². The summed E-state index contributed by atoms with van der Waals surface area (Å²) < 4.78 is 5.75. The van der Waals surface area contributed by atoms with Gasteiger partial charge in [0, 0.05) is 5.69 Å². The zero-order valence-electron chi connectivity index (χ0n) is 15.8. The maximum absolute atomic E-state index is 11.8. The number of carbonyl (C=O) groups is 1. The van der Waals surface area contributed by atoms with Gasteiger partial charge >= 0.3 is 0 Å². The van der Waals surface area contributed by atoms with Gasteiger partial charge in [0.05, 0.1) is 12.8 Å². The van der Waals surface area contributed by atoms with E-state index in [0.717, 1.165) is 22.6 Å². The molecule has 0 aromatic heterocycles. The van der Waals surface area contributed by atoms with Gasteiger partial charge in [-0.2, -0.15) is 5.10 Å². The maximum Gasteiger partial charge on any atom is 0.259 e. The van der Waals surface area contributed by atoms with Crippen LogP contribution in [0.1, 0.15) is 16.7 Å². The zero-order valence-corrected chi connectivity index (χ0v) is 15.8. The molecule has 0 saturated heterocycles.